The number of carbonyl (C=O) groups excluding carboxylic acids is 1. The van der Waals surface area contributed by atoms with Crippen molar-refractivity contribution in [2.24, 2.45) is 5.92 Å². The van der Waals surface area contributed by atoms with Gasteiger partial charge in [-0.25, -0.2) is 0 Å². The van der Waals surface area contributed by atoms with Crippen molar-refractivity contribution in [3.05, 3.63) is 28.8 Å². The third kappa shape index (κ3) is 3.96. The summed E-state index contributed by atoms with van der Waals surface area (Å²) in [5.74, 6) is -0.433. The molecule has 0 spiro atoms. The molecule has 0 aliphatic carbocycles. The van der Waals surface area contributed by atoms with E-state index in [0.29, 0.717) is 19.4 Å². The number of hydrogen-bond donors (Lipinski definition) is 1. The van der Waals surface area contributed by atoms with Gasteiger partial charge in [0.2, 0.25) is 5.91 Å². The summed E-state index contributed by atoms with van der Waals surface area (Å²) >= 11 is 0. The standard InChI is InChI=1S/C17H27N3O3S/c1-12-9-13(2)16(14(3)10-12)18-17(21)15-7-6-8-20(11-15)24(22,23)19(4)5/h9-10,15H,6-8,11H2,1-5H3,(H,18,21)/t15-/m1/s1. The Labute approximate surface area is 145 Å². The van der Waals surface area contributed by atoms with E-state index in [0.717, 1.165) is 22.4 Å². The van der Waals surface area contributed by atoms with Gasteiger partial charge in [-0.1, -0.05) is 17.7 Å². The smallest absolute Gasteiger partial charge is 0.281 e. The monoisotopic (exact) mass is 353 g/mol. The van der Waals surface area contributed by atoms with Crippen molar-refractivity contribution >= 4 is 21.8 Å². The topological polar surface area (TPSA) is 69.7 Å². The SMILES string of the molecule is Cc1cc(C)c(NC(=O)[C@@H]2CCCN(S(=O)(=O)N(C)C)C2)c(C)c1. The Morgan fingerprint density at radius 3 is 2.33 bits per heavy atom. The molecule has 1 amide bonds. The van der Waals surface area contributed by atoms with Crippen LogP contribution >= 0.6 is 0 Å². The Balaban J connectivity index is 2.13. The fourth-order valence-electron chi connectivity index (χ4n) is 3.20. The molecule has 0 aromatic heterocycles. The van der Waals surface area contributed by atoms with Crippen LogP contribution in [0.2, 0.25) is 0 Å². The number of rotatable bonds is 4. The van der Waals surface area contributed by atoms with Gasteiger partial charge in [0, 0.05) is 32.9 Å². The number of benzene rings is 1. The number of hydrogen-bond acceptors (Lipinski definition) is 3. The normalized spacial score (nSPS) is 19.5. The molecule has 0 bridgehead atoms. The summed E-state index contributed by atoms with van der Waals surface area (Å²) in [7, 11) is -0.451. The largest absolute Gasteiger partial charge is 0.325 e. The first-order valence-corrected chi connectivity index (χ1v) is 9.59. The summed E-state index contributed by atoms with van der Waals surface area (Å²) in [5, 5.41) is 3.00. The first kappa shape index (κ1) is 18.9. The summed E-state index contributed by atoms with van der Waals surface area (Å²) in [6.45, 7) is 6.67. The highest BCUT2D eigenvalue weighted by molar-refractivity contribution is 7.86. The van der Waals surface area contributed by atoms with E-state index in [4.69, 9.17) is 0 Å². The fourth-order valence-corrected chi connectivity index (χ4v) is 4.39. The maximum atomic E-state index is 12.7. The van der Waals surface area contributed by atoms with Gasteiger partial charge in [-0.05, 0) is 44.7 Å². The lowest BCUT2D eigenvalue weighted by molar-refractivity contribution is -0.120. The van der Waals surface area contributed by atoms with Crippen molar-refractivity contribution in [3.8, 4) is 0 Å². The molecule has 1 heterocycles. The molecular weight excluding hydrogens is 326 g/mol. The number of amides is 1. The van der Waals surface area contributed by atoms with E-state index in [-0.39, 0.29) is 18.4 Å². The molecule has 1 aromatic rings. The number of carbonyl (C=O) groups is 1. The van der Waals surface area contributed by atoms with E-state index in [1.165, 1.54) is 22.7 Å². The summed E-state index contributed by atoms with van der Waals surface area (Å²) in [4.78, 5) is 12.7. The van der Waals surface area contributed by atoms with Crippen molar-refractivity contribution in [1.82, 2.24) is 8.61 Å². The van der Waals surface area contributed by atoms with Gasteiger partial charge in [0.1, 0.15) is 0 Å². The predicted molar refractivity (Wildman–Crippen MR) is 96.2 cm³/mol. The average Bonchev–Trinajstić information content (AvgIpc) is 2.50. The fraction of sp³-hybridized carbons (Fsp3) is 0.588. The highest BCUT2D eigenvalue weighted by atomic mass is 32.2. The van der Waals surface area contributed by atoms with Gasteiger partial charge in [-0.2, -0.15) is 17.0 Å². The van der Waals surface area contributed by atoms with Gasteiger partial charge in [-0.3, -0.25) is 4.79 Å². The maximum absolute atomic E-state index is 12.7. The zero-order valence-electron chi connectivity index (χ0n) is 15.1. The number of piperidine rings is 1. The minimum absolute atomic E-state index is 0.108. The molecule has 1 aliphatic rings. The van der Waals surface area contributed by atoms with E-state index in [2.05, 4.69) is 5.32 Å². The zero-order valence-corrected chi connectivity index (χ0v) is 15.9. The molecule has 0 saturated carbocycles. The van der Waals surface area contributed by atoms with Gasteiger partial charge >= 0.3 is 0 Å². The average molecular weight is 353 g/mol. The van der Waals surface area contributed by atoms with Crippen molar-refractivity contribution in [2.75, 3.05) is 32.5 Å². The van der Waals surface area contributed by atoms with Crippen LogP contribution in [-0.2, 0) is 15.0 Å². The van der Waals surface area contributed by atoms with Crippen molar-refractivity contribution in [3.63, 3.8) is 0 Å². The highest BCUT2D eigenvalue weighted by Crippen LogP contribution is 2.25. The summed E-state index contributed by atoms with van der Waals surface area (Å²) in [6.07, 6.45) is 1.40. The lowest BCUT2D eigenvalue weighted by atomic mass is 9.98. The molecule has 1 aliphatic heterocycles. The Morgan fingerprint density at radius 1 is 1.21 bits per heavy atom. The molecule has 0 unspecified atom stereocenters. The van der Waals surface area contributed by atoms with E-state index in [9.17, 15) is 13.2 Å². The van der Waals surface area contributed by atoms with Crippen LogP contribution in [-0.4, -0.2) is 50.1 Å². The van der Waals surface area contributed by atoms with Crippen LogP contribution in [0.3, 0.4) is 0 Å². The Bertz CT molecular complexity index is 706. The van der Waals surface area contributed by atoms with Crippen LogP contribution in [0.25, 0.3) is 0 Å². The number of aryl methyl sites for hydroxylation is 3. The van der Waals surface area contributed by atoms with Crippen molar-refractivity contribution < 1.29 is 13.2 Å². The first-order valence-electron chi connectivity index (χ1n) is 8.19. The second-order valence-corrected chi connectivity index (χ2v) is 8.89. The molecular formula is C17H27N3O3S. The molecule has 1 N–H and O–H groups in total. The van der Waals surface area contributed by atoms with E-state index in [1.54, 1.807) is 0 Å². The Hall–Kier alpha value is -1.44. The second-order valence-electron chi connectivity index (χ2n) is 6.75. The maximum Gasteiger partial charge on any atom is 0.281 e. The Morgan fingerprint density at radius 2 is 1.79 bits per heavy atom. The van der Waals surface area contributed by atoms with Crippen LogP contribution in [0.15, 0.2) is 12.1 Å². The van der Waals surface area contributed by atoms with Crippen LogP contribution in [0, 0.1) is 26.7 Å². The van der Waals surface area contributed by atoms with Crippen molar-refractivity contribution in [1.29, 1.82) is 0 Å². The molecule has 134 valence electrons. The van der Waals surface area contributed by atoms with Crippen LogP contribution in [0.1, 0.15) is 29.5 Å². The third-order valence-corrected chi connectivity index (χ3v) is 6.37. The number of nitrogens with zero attached hydrogens (tertiary/aromatic N) is 2. The number of anilines is 1. The van der Waals surface area contributed by atoms with Gasteiger partial charge in [0.15, 0.2) is 0 Å². The van der Waals surface area contributed by atoms with Gasteiger partial charge in [0.05, 0.1) is 5.92 Å². The second kappa shape index (κ2) is 7.21. The zero-order chi connectivity index (χ0) is 18.1. The van der Waals surface area contributed by atoms with Gasteiger partial charge in [0.25, 0.3) is 10.2 Å². The molecule has 7 heteroatoms. The highest BCUT2D eigenvalue weighted by Gasteiger charge is 2.33. The lowest BCUT2D eigenvalue weighted by Crippen LogP contribution is -2.47. The quantitative estimate of drug-likeness (QED) is 0.901. The molecule has 2 rings (SSSR count). The Kier molecular flexibility index (Phi) is 5.67. The van der Waals surface area contributed by atoms with Gasteiger partial charge < -0.3 is 5.32 Å². The van der Waals surface area contributed by atoms with E-state index < -0.39 is 10.2 Å². The van der Waals surface area contributed by atoms with E-state index in [1.807, 2.05) is 32.9 Å². The summed E-state index contributed by atoms with van der Waals surface area (Å²) in [5.41, 5.74) is 4.03. The summed E-state index contributed by atoms with van der Waals surface area (Å²) < 4.78 is 27.1. The van der Waals surface area contributed by atoms with Crippen LogP contribution in [0.5, 0.6) is 0 Å². The third-order valence-electron chi connectivity index (χ3n) is 4.47. The van der Waals surface area contributed by atoms with Crippen LogP contribution in [0.4, 0.5) is 5.69 Å². The molecule has 1 fully saturated rings. The van der Waals surface area contributed by atoms with Crippen molar-refractivity contribution in [2.45, 2.75) is 33.6 Å². The number of nitrogens with one attached hydrogen (secondary N) is 1. The molecule has 24 heavy (non-hydrogen) atoms. The molecule has 1 aromatic carbocycles. The lowest BCUT2D eigenvalue weighted by Gasteiger charge is -2.33. The van der Waals surface area contributed by atoms with Crippen LogP contribution < -0.4 is 5.32 Å². The minimum Gasteiger partial charge on any atom is -0.325 e. The molecule has 1 atom stereocenters. The van der Waals surface area contributed by atoms with Gasteiger partial charge in [-0.15, -0.1) is 0 Å². The van der Waals surface area contributed by atoms with E-state index >= 15 is 0 Å². The first-order chi connectivity index (χ1) is 11.1. The molecule has 6 nitrogen and oxygen atoms in total. The predicted octanol–water partition coefficient (Wildman–Crippen LogP) is 2.07. The minimum atomic E-state index is -3.47. The summed E-state index contributed by atoms with van der Waals surface area (Å²) in [6, 6.07) is 4.07. The molecule has 0 radical (unpaired) electrons. The molecule has 1 saturated heterocycles.